The zero-order valence-corrected chi connectivity index (χ0v) is 18.5. The maximum absolute atomic E-state index is 12.2. The molecule has 0 aromatic heterocycles. The minimum atomic E-state index is -2.14. The predicted octanol–water partition coefficient (Wildman–Crippen LogP) is 4.13. The second kappa shape index (κ2) is 6.77. The second-order valence-corrected chi connectivity index (χ2v) is 38.8. The molecule has 1 fully saturated rings. The van der Waals surface area contributed by atoms with E-state index >= 15 is 0 Å². The van der Waals surface area contributed by atoms with Crippen LogP contribution in [0.15, 0.2) is 0 Å². The van der Waals surface area contributed by atoms with Crippen LogP contribution in [0.4, 0.5) is 4.79 Å². The summed E-state index contributed by atoms with van der Waals surface area (Å²) in [5.41, 5.74) is 0. The lowest BCUT2D eigenvalue weighted by molar-refractivity contribution is 0.146. The highest BCUT2D eigenvalue weighted by Crippen LogP contribution is 2.29. The van der Waals surface area contributed by atoms with Gasteiger partial charge in [-0.2, -0.15) is 0 Å². The summed E-state index contributed by atoms with van der Waals surface area (Å²) in [6, 6.07) is 0.00380. The fourth-order valence-corrected chi connectivity index (χ4v) is 7.52. The quantitative estimate of drug-likeness (QED) is 0.367. The highest BCUT2D eigenvalue weighted by molar-refractivity contribution is 9.53. The average Bonchev–Trinajstić information content (AvgIpc) is 2.07. The Labute approximate surface area is 143 Å². The molecule has 0 atom stereocenters. The first-order chi connectivity index (χ1) is 7.58. The number of carbonyl (C=O) groups excluding carboxylic acids is 1. The van der Waals surface area contributed by atoms with Crippen LogP contribution < -0.4 is 0 Å². The molecule has 0 bridgehead atoms. The van der Waals surface area contributed by atoms with Crippen LogP contribution in [0.25, 0.3) is 0 Å². The SMILES string of the molecule is O=C1N(C[Si](Cl)(Br)Br)CCCN1C[Si](Cl)(Br)Br. The van der Waals surface area contributed by atoms with Gasteiger partial charge in [-0.3, -0.25) is 0 Å². The lowest BCUT2D eigenvalue weighted by Gasteiger charge is -2.37. The van der Waals surface area contributed by atoms with Crippen molar-refractivity contribution in [3.8, 4) is 0 Å². The highest BCUT2D eigenvalue weighted by atomic mass is 79.9. The summed E-state index contributed by atoms with van der Waals surface area (Å²) in [6.45, 7) is 1.49. The van der Waals surface area contributed by atoms with Crippen molar-refractivity contribution in [3.63, 3.8) is 0 Å². The van der Waals surface area contributed by atoms with Crippen LogP contribution in [0.3, 0.4) is 0 Å². The maximum Gasteiger partial charge on any atom is 0.319 e. The number of carbonyl (C=O) groups is 1. The molecule has 11 heteroatoms. The van der Waals surface area contributed by atoms with Crippen LogP contribution in [0, 0.1) is 0 Å². The van der Waals surface area contributed by atoms with Crippen molar-refractivity contribution in [3.05, 3.63) is 0 Å². The minimum absolute atomic E-state index is 0.00380. The molecular weight excluding hydrogens is 563 g/mol. The Balaban J connectivity index is 2.63. The van der Waals surface area contributed by atoms with E-state index < -0.39 is 9.24 Å². The molecule has 1 rings (SSSR count). The third kappa shape index (κ3) is 6.96. The van der Waals surface area contributed by atoms with Gasteiger partial charge < -0.3 is 9.80 Å². The van der Waals surface area contributed by atoms with Gasteiger partial charge in [0.25, 0.3) is 0 Å². The number of nitrogens with zero attached hydrogens (tertiary/aromatic N) is 2. The van der Waals surface area contributed by atoms with Crippen LogP contribution in [-0.2, 0) is 0 Å². The first kappa shape index (κ1) is 17.3. The molecule has 1 aliphatic rings. The van der Waals surface area contributed by atoms with Gasteiger partial charge >= 0.3 is 15.3 Å². The number of halogens is 6. The van der Waals surface area contributed by atoms with E-state index in [0.29, 0.717) is 12.3 Å². The Morgan fingerprint density at radius 3 is 1.65 bits per heavy atom. The standard InChI is InChI=1S/C6H10Br4Cl2N2OSi2/c7-16(8,11)4-13-2-1-3-14(6(13)15)5-17(9,10)12/h1-5H2. The van der Waals surface area contributed by atoms with Crippen LogP contribution in [0.2, 0.25) is 0 Å². The fraction of sp³-hybridized carbons (Fsp3) is 0.833. The molecule has 0 aliphatic carbocycles. The van der Waals surface area contributed by atoms with Crippen LogP contribution in [0.1, 0.15) is 6.42 Å². The second-order valence-electron chi connectivity index (χ2n) is 3.71. The summed E-state index contributed by atoms with van der Waals surface area (Å²) in [5, 5.41) is 0. The zero-order chi connectivity index (χ0) is 13.3. The van der Waals surface area contributed by atoms with Gasteiger partial charge in [-0.1, -0.05) is 61.2 Å². The first-order valence-corrected chi connectivity index (χ1v) is 20.2. The fourth-order valence-electron chi connectivity index (χ4n) is 1.57. The topological polar surface area (TPSA) is 23.6 Å². The first-order valence-electron chi connectivity index (χ1n) is 4.76. The smallest absolute Gasteiger partial charge is 0.319 e. The number of hydrogen-bond acceptors (Lipinski definition) is 1. The van der Waals surface area contributed by atoms with Crippen molar-refractivity contribution in [2.45, 2.75) is 6.42 Å². The van der Waals surface area contributed by atoms with E-state index in [9.17, 15) is 4.79 Å². The molecule has 0 aromatic carbocycles. The van der Waals surface area contributed by atoms with Crippen LogP contribution in [-0.4, -0.2) is 50.5 Å². The van der Waals surface area contributed by atoms with Crippen molar-refractivity contribution in [2.75, 3.05) is 25.4 Å². The van der Waals surface area contributed by atoms with Crippen molar-refractivity contribution < 1.29 is 4.79 Å². The van der Waals surface area contributed by atoms with E-state index in [1.807, 2.05) is 0 Å². The van der Waals surface area contributed by atoms with E-state index in [1.54, 1.807) is 9.80 Å². The highest BCUT2D eigenvalue weighted by Gasteiger charge is 2.37. The molecule has 1 heterocycles. The Bertz CT molecular complexity index is 273. The van der Waals surface area contributed by atoms with E-state index in [0.717, 1.165) is 19.5 Å². The maximum atomic E-state index is 12.2. The third-order valence-corrected chi connectivity index (χ3v) is 7.34. The van der Waals surface area contributed by atoms with Gasteiger partial charge in [0.1, 0.15) is 0 Å². The Kier molecular flexibility index (Phi) is 6.88. The molecule has 2 amide bonds. The summed E-state index contributed by atoms with van der Waals surface area (Å²) in [6.07, 6.45) is 2.01. The van der Waals surface area contributed by atoms with E-state index in [-0.39, 0.29) is 6.03 Å². The molecule has 0 aromatic rings. The molecule has 0 spiro atoms. The number of amides is 2. The Morgan fingerprint density at radius 2 is 1.35 bits per heavy atom. The lowest BCUT2D eigenvalue weighted by Crippen LogP contribution is -2.54. The predicted molar refractivity (Wildman–Crippen MR) is 92.1 cm³/mol. The molecular formula is C6H10Br4Cl2N2OSi2. The summed E-state index contributed by atoms with van der Waals surface area (Å²) in [5.74, 6) is 0. The van der Waals surface area contributed by atoms with Crippen molar-refractivity contribution in [2.24, 2.45) is 0 Å². The zero-order valence-electron chi connectivity index (χ0n) is 8.61. The molecule has 17 heavy (non-hydrogen) atoms. The molecule has 0 saturated carbocycles. The summed E-state index contributed by atoms with van der Waals surface area (Å²) >= 11 is 25.9. The largest absolute Gasteiger partial charge is 0.324 e. The average molecular weight is 573 g/mol. The van der Waals surface area contributed by atoms with E-state index in [2.05, 4.69) is 61.2 Å². The van der Waals surface area contributed by atoms with Gasteiger partial charge in [-0.15, -0.1) is 22.2 Å². The lowest BCUT2D eigenvalue weighted by atomic mass is 10.3. The molecule has 100 valence electrons. The third-order valence-electron chi connectivity index (χ3n) is 2.14. The normalized spacial score (nSPS) is 18.8. The van der Waals surface area contributed by atoms with Crippen LogP contribution >= 0.6 is 83.3 Å². The Hall–Kier alpha value is 2.20. The van der Waals surface area contributed by atoms with Crippen molar-refractivity contribution >= 4 is 98.6 Å². The Morgan fingerprint density at radius 1 is 1.00 bits per heavy atom. The molecule has 1 aliphatic heterocycles. The van der Waals surface area contributed by atoms with Gasteiger partial charge in [0.05, 0.1) is 12.3 Å². The molecule has 0 N–H and O–H groups in total. The number of rotatable bonds is 4. The van der Waals surface area contributed by atoms with Gasteiger partial charge in [-0.05, 0) is 6.42 Å². The molecule has 0 unspecified atom stereocenters. The molecule has 3 nitrogen and oxygen atoms in total. The number of hydrogen-bond donors (Lipinski definition) is 0. The van der Waals surface area contributed by atoms with Crippen molar-refractivity contribution in [1.29, 1.82) is 0 Å². The van der Waals surface area contributed by atoms with Gasteiger partial charge in [0, 0.05) is 13.1 Å². The molecule has 0 radical (unpaired) electrons. The molecule has 1 saturated heterocycles. The van der Waals surface area contributed by atoms with Crippen LogP contribution in [0.5, 0.6) is 0 Å². The summed E-state index contributed by atoms with van der Waals surface area (Å²) in [4.78, 5) is 15.7. The van der Waals surface area contributed by atoms with Gasteiger partial charge in [0.2, 0.25) is 0 Å². The van der Waals surface area contributed by atoms with E-state index in [1.165, 1.54) is 0 Å². The van der Waals surface area contributed by atoms with Gasteiger partial charge in [0.15, 0.2) is 0 Å². The summed E-state index contributed by atoms with van der Waals surface area (Å²) < 4.78 is -4.29. The summed E-state index contributed by atoms with van der Waals surface area (Å²) in [7, 11) is 0. The van der Waals surface area contributed by atoms with E-state index in [4.69, 9.17) is 22.2 Å². The monoisotopic (exact) mass is 568 g/mol. The van der Waals surface area contributed by atoms with Crippen molar-refractivity contribution in [1.82, 2.24) is 9.80 Å². The minimum Gasteiger partial charge on any atom is -0.324 e. The number of urea groups is 1. The van der Waals surface area contributed by atoms with Gasteiger partial charge in [-0.25, -0.2) is 4.79 Å².